The number of fused-ring (bicyclic) bond motifs is 1. The minimum Gasteiger partial charge on any atom is -0.290 e. The summed E-state index contributed by atoms with van der Waals surface area (Å²) in [6.45, 7) is 0. The van der Waals surface area contributed by atoms with Crippen LogP contribution in [0.25, 0.3) is 5.52 Å². The number of rotatable bonds is 3. The summed E-state index contributed by atoms with van der Waals surface area (Å²) < 4.78 is 14.5. The third-order valence-corrected chi connectivity index (χ3v) is 3.75. The van der Waals surface area contributed by atoms with Crippen molar-refractivity contribution in [2.75, 3.05) is 0 Å². The number of nitrogens with zero attached hydrogens (tertiary/aromatic N) is 2. The van der Waals surface area contributed by atoms with E-state index in [1.165, 1.54) is 23.9 Å². The van der Waals surface area contributed by atoms with Crippen LogP contribution in [-0.2, 0) is 5.75 Å². The first-order valence-corrected chi connectivity index (χ1v) is 6.65. The van der Waals surface area contributed by atoms with Crippen LogP contribution in [-0.4, -0.2) is 14.6 Å². The molecule has 0 aliphatic rings. The molecule has 0 aliphatic carbocycles. The molecule has 0 saturated heterocycles. The molecule has 3 aromatic rings. The van der Waals surface area contributed by atoms with Crippen LogP contribution in [0.3, 0.4) is 0 Å². The van der Waals surface area contributed by atoms with Crippen LogP contribution in [0.5, 0.6) is 0 Å². The Labute approximate surface area is 112 Å². The number of aromatic amines is 1. The van der Waals surface area contributed by atoms with Gasteiger partial charge in [-0.3, -0.25) is 9.20 Å². The highest BCUT2D eigenvalue weighted by Gasteiger charge is 2.06. The molecule has 2 heterocycles. The monoisotopic (exact) mass is 275 g/mol. The number of hydrogen-bond acceptors (Lipinski definition) is 3. The predicted octanol–water partition coefficient (Wildman–Crippen LogP) is 2.45. The molecule has 3 rings (SSSR count). The Morgan fingerprint density at radius 3 is 2.84 bits per heavy atom. The Morgan fingerprint density at radius 2 is 2.05 bits per heavy atom. The number of hydrogen-bond donors (Lipinski definition) is 1. The normalized spacial score (nSPS) is 11.0. The summed E-state index contributed by atoms with van der Waals surface area (Å²) in [6, 6.07) is 9.88. The summed E-state index contributed by atoms with van der Waals surface area (Å²) in [5, 5.41) is 7.19. The van der Waals surface area contributed by atoms with Crippen molar-refractivity contribution in [1.29, 1.82) is 0 Å². The van der Waals surface area contributed by atoms with Gasteiger partial charge in [0.15, 0.2) is 5.16 Å². The van der Waals surface area contributed by atoms with E-state index in [2.05, 4.69) is 10.2 Å². The fourth-order valence-corrected chi connectivity index (χ4v) is 2.67. The maximum absolute atomic E-state index is 12.8. The summed E-state index contributed by atoms with van der Waals surface area (Å²) in [5.41, 5.74) is 1.35. The Morgan fingerprint density at radius 1 is 1.26 bits per heavy atom. The summed E-state index contributed by atoms with van der Waals surface area (Å²) in [7, 11) is 0. The number of benzene rings is 1. The van der Waals surface area contributed by atoms with Crippen molar-refractivity contribution >= 4 is 17.3 Å². The quantitative estimate of drug-likeness (QED) is 0.747. The minimum atomic E-state index is -0.247. The van der Waals surface area contributed by atoms with Gasteiger partial charge in [0.25, 0.3) is 5.56 Å². The molecule has 2 aromatic heterocycles. The van der Waals surface area contributed by atoms with Gasteiger partial charge in [-0.2, -0.15) is 0 Å². The van der Waals surface area contributed by atoms with Crippen molar-refractivity contribution in [3.63, 3.8) is 0 Å². The molecule has 0 spiro atoms. The number of thioether (sulfide) groups is 1. The molecule has 0 aliphatic heterocycles. The van der Waals surface area contributed by atoms with Crippen molar-refractivity contribution in [3.05, 3.63) is 64.3 Å². The first-order valence-electron chi connectivity index (χ1n) is 5.67. The number of aromatic nitrogens is 3. The average Bonchev–Trinajstić information content (AvgIpc) is 2.90. The van der Waals surface area contributed by atoms with Crippen molar-refractivity contribution in [1.82, 2.24) is 14.6 Å². The van der Waals surface area contributed by atoms with Gasteiger partial charge in [0.2, 0.25) is 0 Å². The summed E-state index contributed by atoms with van der Waals surface area (Å²) >= 11 is 1.48. The van der Waals surface area contributed by atoms with Gasteiger partial charge >= 0.3 is 0 Å². The second-order valence-electron chi connectivity index (χ2n) is 4.01. The molecule has 0 fully saturated rings. The zero-order chi connectivity index (χ0) is 13.2. The van der Waals surface area contributed by atoms with Crippen LogP contribution in [0.1, 0.15) is 5.56 Å². The van der Waals surface area contributed by atoms with Gasteiger partial charge in [0.05, 0.1) is 0 Å². The molecule has 1 aromatic carbocycles. The molecular weight excluding hydrogens is 265 g/mol. The molecule has 96 valence electrons. The Hall–Kier alpha value is -2.08. The van der Waals surface area contributed by atoms with E-state index < -0.39 is 0 Å². The molecule has 0 bridgehead atoms. The molecule has 6 heteroatoms. The van der Waals surface area contributed by atoms with E-state index in [0.717, 1.165) is 5.56 Å². The lowest BCUT2D eigenvalue weighted by Gasteiger charge is -2.04. The largest absolute Gasteiger partial charge is 0.290 e. The van der Waals surface area contributed by atoms with E-state index in [4.69, 9.17) is 0 Å². The van der Waals surface area contributed by atoms with Crippen LogP contribution >= 0.6 is 11.8 Å². The Balaban J connectivity index is 1.86. The second kappa shape index (κ2) is 4.89. The lowest BCUT2D eigenvalue weighted by molar-refractivity contribution is 0.627. The van der Waals surface area contributed by atoms with Crippen LogP contribution < -0.4 is 5.56 Å². The van der Waals surface area contributed by atoms with E-state index in [1.807, 2.05) is 0 Å². The van der Waals surface area contributed by atoms with Crippen molar-refractivity contribution in [2.45, 2.75) is 10.9 Å². The van der Waals surface area contributed by atoms with E-state index >= 15 is 0 Å². The molecule has 0 atom stereocenters. The third kappa shape index (κ3) is 2.39. The van der Waals surface area contributed by atoms with Crippen molar-refractivity contribution in [2.24, 2.45) is 0 Å². The second-order valence-corrected chi connectivity index (χ2v) is 4.96. The average molecular weight is 275 g/mol. The maximum atomic E-state index is 12.8. The zero-order valence-electron chi connectivity index (χ0n) is 9.84. The van der Waals surface area contributed by atoms with Crippen LogP contribution in [0, 0.1) is 5.82 Å². The lowest BCUT2D eigenvalue weighted by Crippen LogP contribution is -2.12. The van der Waals surface area contributed by atoms with E-state index in [-0.39, 0.29) is 11.4 Å². The van der Waals surface area contributed by atoms with Crippen LogP contribution in [0.2, 0.25) is 0 Å². The van der Waals surface area contributed by atoms with Crippen molar-refractivity contribution < 1.29 is 4.39 Å². The first-order chi connectivity index (χ1) is 9.24. The van der Waals surface area contributed by atoms with E-state index in [1.54, 1.807) is 34.9 Å². The molecule has 0 amide bonds. The Bertz CT molecular complexity index is 763. The van der Waals surface area contributed by atoms with Gasteiger partial charge in [-0.05, 0) is 29.8 Å². The molecule has 4 nitrogen and oxygen atoms in total. The summed E-state index contributed by atoms with van der Waals surface area (Å²) in [4.78, 5) is 11.5. The number of H-pyrrole nitrogens is 1. The topological polar surface area (TPSA) is 50.2 Å². The van der Waals surface area contributed by atoms with Crippen molar-refractivity contribution in [3.8, 4) is 0 Å². The highest BCUT2D eigenvalue weighted by atomic mass is 32.2. The highest BCUT2D eigenvalue weighted by molar-refractivity contribution is 7.98. The number of halogens is 1. The fourth-order valence-electron chi connectivity index (χ4n) is 1.77. The van der Waals surface area contributed by atoms with Gasteiger partial charge in [0.1, 0.15) is 11.3 Å². The summed E-state index contributed by atoms with van der Waals surface area (Å²) in [6.07, 6.45) is 1.80. The Kier molecular flexibility index (Phi) is 3.08. The van der Waals surface area contributed by atoms with Gasteiger partial charge in [0, 0.05) is 11.9 Å². The SMILES string of the molecule is O=c1[nH]nc(SCc2ccc(F)cc2)n2cccc12. The summed E-state index contributed by atoms with van der Waals surface area (Å²) in [5.74, 6) is 0.413. The van der Waals surface area contributed by atoms with Gasteiger partial charge < -0.3 is 0 Å². The zero-order valence-corrected chi connectivity index (χ0v) is 10.7. The van der Waals surface area contributed by atoms with Gasteiger partial charge in [-0.25, -0.2) is 9.49 Å². The fraction of sp³-hybridized carbons (Fsp3) is 0.0769. The predicted molar refractivity (Wildman–Crippen MR) is 71.8 cm³/mol. The lowest BCUT2D eigenvalue weighted by atomic mass is 10.2. The first kappa shape index (κ1) is 12.0. The maximum Gasteiger partial charge on any atom is 0.288 e. The smallest absolute Gasteiger partial charge is 0.288 e. The van der Waals surface area contributed by atoms with Crippen LogP contribution in [0.15, 0.2) is 52.5 Å². The number of nitrogens with one attached hydrogen (secondary N) is 1. The van der Waals surface area contributed by atoms with E-state index in [0.29, 0.717) is 16.4 Å². The molecule has 1 N–H and O–H groups in total. The molecule has 19 heavy (non-hydrogen) atoms. The van der Waals surface area contributed by atoms with E-state index in [9.17, 15) is 9.18 Å². The standard InChI is InChI=1S/C13H10FN3OS/c14-10-5-3-9(4-6-10)8-19-13-16-15-12(18)11-2-1-7-17(11)13/h1-7H,8H2,(H,15,18). The molecule has 0 unspecified atom stereocenters. The highest BCUT2D eigenvalue weighted by Crippen LogP contribution is 2.20. The van der Waals surface area contributed by atoms with Gasteiger partial charge in [-0.15, -0.1) is 5.10 Å². The molecule has 0 radical (unpaired) electrons. The molecule has 0 saturated carbocycles. The van der Waals surface area contributed by atoms with Gasteiger partial charge in [-0.1, -0.05) is 23.9 Å². The minimum absolute atomic E-state index is 0.212. The van der Waals surface area contributed by atoms with Crippen LogP contribution in [0.4, 0.5) is 4.39 Å². The molecular formula is C13H10FN3OS. The third-order valence-electron chi connectivity index (χ3n) is 2.72.